The zero-order chi connectivity index (χ0) is 14.5. The summed E-state index contributed by atoms with van der Waals surface area (Å²) in [5, 5.41) is 4.38. The lowest BCUT2D eigenvalue weighted by Gasteiger charge is -2.09. The van der Waals surface area contributed by atoms with Gasteiger partial charge in [-0.2, -0.15) is 0 Å². The lowest BCUT2D eigenvalue weighted by atomic mass is 10.1. The third-order valence-electron chi connectivity index (χ3n) is 3.45. The van der Waals surface area contributed by atoms with Crippen molar-refractivity contribution in [3.63, 3.8) is 0 Å². The summed E-state index contributed by atoms with van der Waals surface area (Å²) < 4.78 is 9.05. The van der Waals surface area contributed by atoms with Crippen LogP contribution in [0.1, 0.15) is 25.7 Å². The molecule has 0 nitrogen and oxygen atoms in total. The van der Waals surface area contributed by atoms with Crippen LogP contribution in [0.25, 0.3) is 0 Å². The van der Waals surface area contributed by atoms with E-state index in [0.29, 0.717) is 0 Å². The predicted octanol–water partition coefficient (Wildman–Crippen LogP) is 8.54. The van der Waals surface area contributed by atoms with Crippen LogP contribution in [-0.4, -0.2) is 0 Å². The van der Waals surface area contributed by atoms with Crippen molar-refractivity contribution >= 4 is 94.1 Å². The van der Waals surface area contributed by atoms with Crippen molar-refractivity contribution in [1.82, 2.24) is 0 Å². The largest absolute Gasteiger partial charge is 0.0884 e. The molecule has 0 saturated heterocycles. The Bertz CT molecular complexity index is 656. The number of hydrogen-bond acceptors (Lipinski definition) is 8. The van der Waals surface area contributed by atoms with Crippen LogP contribution < -0.4 is 0 Å². The van der Waals surface area contributed by atoms with Gasteiger partial charge in [-0.3, -0.25) is 0 Å². The van der Waals surface area contributed by atoms with Gasteiger partial charge in [-0.05, 0) is 36.5 Å². The van der Waals surface area contributed by atoms with E-state index in [9.17, 15) is 0 Å². The van der Waals surface area contributed by atoms with E-state index in [1.165, 1.54) is 46.9 Å². The molecule has 4 aliphatic heterocycles. The summed E-state index contributed by atoms with van der Waals surface area (Å²) in [5.74, 6) is 0. The van der Waals surface area contributed by atoms with E-state index in [4.69, 9.17) is 0 Å². The van der Waals surface area contributed by atoms with Crippen LogP contribution in [0.5, 0.6) is 0 Å². The molecule has 0 atom stereocenters. The summed E-state index contributed by atoms with van der Waals surface area (Å²) in [6.07, 6.45) is 5.40. The Morgan fingerprint density at radius 2 is 0.909 bits per heavy atom. The highest BCUT2D eigenvalue weighted by atomic mass is 32.3. The van der Waals surface area contributed by atoms with Crippen LogP contribution in [0.3, 0.4) is 0 Å². The number of hydrogen-bond donors (Lipinski definition) is 0. The van der Waals surface area contributed by atoms with Crippen LogP contribution in [0.2, 0.25) is 0 Å². The summed E-state index contributed by atoms with van der Waals surface area (Å²) in [5.41, 5.74) is 0. The molecule has 0 bridgehead atoms. The van der Waals surface area contributed by atoms with Gasteiger partial charge in [-0.25, -0.2) is 0 Å². The van der Waals surface area contributed by atoms with Crippen molar-refractivity contribution < 1.29 is 0 Å². The van der Waals surface area contributed by atoms with Gasteiger partial charge in [-0.15, -0.1) is 0 Å². The first-order chi connectivity index (χ1) is 10.9. The Kier molecular flexibility index (Phi) is 4.77. The molecule has 0 radical (unpaired) electrons. The van der Waals surface area contributed by atoms with Gasteiger partial charge in [0.05, 0.1) is 25.4 Å². The first kappa shape index (κ1) is 15.7. The first-order valence-electron chi connectivity index (χ1n) is 6.87. The zero-order valence-corrected chi connectivity index (χ0v) is 17.8. The SMILES string of the molecule is C1=CSC(=C2SC3=C(S2)SC(=C2SC4=C(CCCC4)S2)S3)S1. The van der Waals surface area contributed by atoms with E-state index in [0.717, 1.165) is 0 Å². The van der Waals surface area contributed by atoms with Crippen LogP contribution in [0.15, 0.2) is 46.0 Å². The lowest BCUT2D eigenvalue weighted by Crippen LogP contribution is -1.89. The fourth-order valence-corrected chi connectivity index (χ4v) is 14.2. The molecule has 0 amide bonds. The zero-order valence-electron chi connectivity index (χ0n) is 11.2. The molecule has 0 spiro atoms. The van der Waals surface area contributed by atoms with E-state index in [-0.39, 0.29) is 0 Å². The highest BCUT2D eigenvalue weighted by molar-refractivity contribution is 8.49. The minimum absolute atomic E-state index is 1.31. The van der Waals surface area contributed by atoms with Crippen LogP contribution >= 0.6 is 94.1 Å². The van der Waals surface area contributed by atoms with Crippen molar-refractivity contribution in [2.24, 2.45) is 0 Å². The number of rotatable bonds is 0. The highest BCUT2D eigenvalue weighted by Gasteiger charge is 2.35. The summed E-state index contributed by atoms with van der Waals surface area (Å²) in [6, 6.07) is 0. The van der Waals surface area contributed by atoms with Crippen LogP contribution in [0, 0.1) is 0 Å². The average Bonchev–Trinajstić information content (AvgIpc) is 3.27. The molecule has 0 fully saturated rings. The van der Waals surface area contributed by atoms with E-state index >= 15 is 0 Å². The average molecular weight is 435 g/mol. The van der Waals surface area contributed by atoms with Crippen molar-refractivity contribution in [3.05, 3.63) is 46.0 Å². The summed E-state index contributed by atoms with van der Waals surface area (Å²) >= 11 is 15.8. The molecule has 0 N–H and O–H groups in total. The molecule has 0 aromatic carbocycles. The van der Waals surface area contributed by atoms with Gasteiger partial charge >= 0.3 is 0 Å². The maximum Gasteiger partial charge on any atom is 0.0718 e. The Labute approximate surface area is 164 Å². The first-order valence-corrected chi connectivity index (χ1v) is 13.5. The second-order valence-electron chi connectivity index (χ2n) is 4.90. The molecule has 0 unspecified atom stereocenters. The van der Waals surface area contributed by atoms with E-state index in [1.54, 1.807) is 14.0 Å². The Morgan fingerprint density at radius 3 is 1.41 bits per heavy atom. The van der Waals surface area contributed by atoms with Crippen molar-refractivity contribution in [1.29, 1.82) is 0 Å². The molecule has 114 valence electrons. The van der Waals surface area contributed by atoms with Gasteiger partial charge in [-0.1, -0.05) is 94.1 Å². The minimum atomic E-state index is 1.31. The minimum Gasteiger partial charge on any atom is -0.0884 e. The Balaban J connectivity index is 1.31. The van der Waals surface area contributed by atoms with E-state index < -0.39 is 0 Å². The summed E-state index contributed by atoms with van der Waals surface area (Å²) in [7, 11) is 0. The van der Waals surface area contributed by atoms with Crippen LogP contribution in [-0.2, 0) is 0 Å². The van der Waals surface area contributed by atoms with Gasteiger partial charge in [0.15, 0.2) is 0 Å². The molecule has 0 saturated carbocycles. The smallest absolute Gasteiger partial charge is 0.0718 e. The summed E-state index contributed by atoms with van der Waals surface area (Å²) in [6.45, 7) is 0. The quantitative estimate of drug-likeness (QED) is 0.367. The molecule has 0 aromatic heterocycles. The standard InChI is InChI=1S/C14H10S8/c1-2-4-8-7(3-1)17-11(18-8)12-21-13-14(22-12)20-10(19-13)9-15-5-6-16-9/h5-6H,1-4H2. The predicted molar refractivity (Wildman–Crippen MR) is 116 cm³/mol. The molecule has 4 heterocycles. The summed E-state index contributed by atoms with van der Waals surface area (Å²) in [4.78, 5) is 3.33. The maximum absolute atomic E-state index is 2.19. The fraction of sp³-hybridized carbons (Fsp3) is 0.286. The van der Waals surface area contributed by atoms with Gasteiger partial charge in [0.1, 0.15) is 0 Å². The van der Waals surface area contributed by atoms with Gasteiger partial charge in [0, 0.05) is 9.81 Å². The third-order valence-corrected chi connectivity index (χ3v) is 15.0. The maximum atomic E-state index is 2.19. The monoisotopic (exact) mass is 434 g/mol. The number of thioether (sulfide) groups is 8. The number of allylic oxidation sites excluding steroid dienone is 2. The lowest BCUT2D eigenvalue weighted by molar-refractivity contribution is 0.718. The van der Waals surface area contributed by atoms with Crippen molar-refractivity contribution in [2.45, 2.75) is 25.7 Å². The molecule has 5 aliphatic rings. The van der Waals surface area contributed by atoms with Crippen molar-refractivity contribution in [2.75, 3.05) is 0 Å². The molecule has 5 rings (SSSR count). The third kappa shape index (κ3) is 2.93. The van der Waals surface area contributed by atoms with Gasteiger partial charge < -0.3 is 0 Å². The molecule has 0 aromatic rings. The second kappa shape index (κ2) is 6.67. The van der Waals surface area contributed by atoms with Gasteiger partial charge in [0.25, 0.3) is 0 Å². The Hall–Kier alpha value is 1.50. The Morgan fingerprint density at radius 1 is 0.500 bits per heavy atom. The van der Waals surface area contributed by atoms with E-state index in [2.05, 4.69) is 34.3 Å². The van der Waals surface area contributed by atoms with Gasteiger partial charge in [0.2, 0.25) is 0 Å². The molecule has 22 heavy (non-hydrogen) atoms. The normalized spacial score (nSPS) is 27.6. The highest BCUT2D eigenvalue weighted by Crippen LogP contribution is 2.71. The molecule has 1 aliphatic carbocycles. The fourth-order valence-electron chi connectivity index (χ4n) is 2.45. The van der Waals surface area contributed by atoms with E-state index in [1.807, 2.05) is 70.6 Å². The van der Waals surface area contributed by atoms with Crippen molar-refractivity contribution in [3.8, 4) is 0 Å². The molecular weight excluding hydrogens is 425 g/mol. The van der Waals surface area contributed by atoms with Crippen LogP contribution in [0.4, 0.5) is 0 Å². The molecular formula is C14H10S8. The topological polar surface area (TPSA) is 0 Å². The molecule has 8 heteroatoms. The second-order valence-corrected chi connectivity index (χ2v) is 14.6.